The van der Waals surface area contributed by atoms with Crippen LogP contribution in [0.2, 0.25) is 0 Å². The lowest BCUT2D eigenvalue weighted by molar-refractivity contribution is -0.384. The fraction of sp³-hybridized carbons (Fsp3) is 0. The van der Waals surface area contributed by atoms with E-state index in [0.29, 0.717) is 0 Å². The first-order valence-electron chi connectivity index (χ1n) is 3.68. The third-order valence-corrected chi connectivity index (χ3v) is 1.53. The zero-order valence-electron chi connectivity index (χ0n) is 7.32. The van der Waals surface area contributed by atoms with E-state index in [1.807, 2.05) is 0 Å². The van der Waals surface area contributed by atoms with Gasteiger partial charge in [-0.1, -0.05) is 5.22 Å². The molecule has 0 spiro atoms. The number of nitrogens with zero attached hydrogens (tertiary/aromatic N) is 3. The van der Waals surface area contributed by atoms with Crippen LogP contribution >= 0.6 is 0 Å². The predicted molar refractivity (Wildman–Crippen MR) is 48.8 cm³/mol. The summed E-state index contributed by atoms with van der Waals surface area (Å²) in [5, 5.41) is 25.3. The topological polar surface area (TPSA) is 131 Å². The van der Waals surface area contributed by atoms with Crippen molar-refractivity contribution in [3.8, 4) is 0 Å². The molecule has 0 aliphatic carbocycles. The Hall–Kier alpha value is -2.51. The van der Waals surface area contributed by atoms with Gasteiger partial charge >= 0.3 is 5.97 Å². The molecule has 0 bridgehead atoms. The maximum absolute atomic E-state index is 10.6. The SMILES string of the molecule is NN=Nc1cc(C(=O)O)cc([N+](=O)[O-])c1. The van der Waals surface area contributed by atoms with E-state index in [4.69, 9.17) is 10.9 Å². The highest BCUT2D eigenvalue weighted by molar-refractivity contribution is 5.89. The van der Waals surface area contributed by atoms with Crippen LogP contribution in [0.3, 0.4) is 0 Å². The zero-order chi connectivity index (χ0) is 11.4. The van der Waals surface area contributed by atoms with Gasteiger partial charge in [-0.3, -0.25) is 10.1 Å². The van der Waals surface area contributed by atoms with Crippen molar-refractivity contribution < 1.29 is 14.8 Å². The summed E-state index contributed by atoms with van der Waals surface area (Å²) in [6, 6.07) is 3.13. The van der Waals surface area contributed by atoms with E-state index < -0.39 is 10.9 Å². The van der Waals surface area contributed by atoms with Crippen LogP contribution in [0.5, 0.6) is 0 Å². The lowest BCUT2D eigenvalue weighted by Gasteiger charge is -1.97. The number of hydrogen-bond acceptors (Lipinski definition) is 5. The molecule has 1 rings (SSSR count). The number of benzene rings is 1. The summed E-state index contributed by atoms with van der Waals surface area (Å²) in [5.74, 6) is 3.47. The summed E-state index contributed by atoms with van der Waals surface area (Å²) in [4.78, 5) is 20.3. The smallest absolute Gasteiger partial charge is 0.336 e. The Morgan fingerprint density at radius 2 is 2.13 bits per heavy atom. The Bertz CT molecular complexity index is 410. The van der Waals surface area contributed by atoms with Gasteiger partial charge in [-0.15, -0.1) is 5.11 Å². The molecule has 0 saturated heterocycles. The molecule has 0 fully saturated rings. The number of nitro groups is 1. The van der Waals surface area contributed by atoms with Crippen LogP contribution in [-0.4, -0.2) is 16.0 Å². The molecule has 0 atom stereocenters. The molecule has 3 N–H and O–H groups in total. The summed E-state index contributed by atoms with van der Waals surface area (Å²) in [5.41, 5.74) is -0.604. The van der Waals surface area contributed by atoms with Crippen molar-refractivity contribution in [2.75, 3.05) is 0 Å². The minimum atomic E-state index is -1.29. The Kier molecular flexibility index (Phi) is 2.91. The van der Waals surface area contributed by atoms with Crippen molar-refractivity contribution in [2.24, 2.45) is 16.2 Å². The Morgan fingerprint density at radius 3 is 2.60 bits per heavy atom. The number of carbonyl (C=O) groups is 1. The zero-order valence-corrected chi connectivity index (χ0v) is 7.32. The normalized spacial score (nSPS) is 10.4. The first-order chi connectivity index (χ1) is 7.04. The highest BCUT2D eigenvalue weighted by atomic mass is 16.6. The summed E-state index contributed by atoms with van der Waals surface area (Å²) < 4.78 is 0. The number of hydrogen-bond donors (Lipinski definition) is 2. The van der Waals surface area contributed by atoms with E-state index in [-0.39, 0.29) is 16.9 Å². The summed E-state index contributed by atoms with van der Waals surface area (Å²) in [6.45, 7) is 0. The number of non-ortho nitro benzene ring substituents is 1. The number of nitro benzene ring substituents is 1. The van der Waals surface area contributed by atoms with E-state index in [2.05, 4.69) is 10.3 Å². The number of nitrogens with two attached hydrogens (primary N) is 1. The quantitative estimate of drug-likeness (QED) is 0.335. The van der Waals surface area contributed by atoms with E-state index in [9.17, 15) is 14.9 Å². The number of carboxylic acid groups (broad SMARTS) is 1. The second-order valence-corrected chi connectivity index (χ2v) is 2.52. The van der Waals surface area contributed by atoms with Crippen LogP contribution < -0.4 is 5.84 Å². The van der Waals surface area contributed by atoms with Gasteiger partial charge in [-0.05, 0) is 6.07 Å². The van der Waals surface area contributed by atoms with Gasteiger partial charge < -0.3 is 10.9 Å². The van der Waals surface area contributed by atoms with E-state index >= 15 is 0 Å². The van der Waals surface area contributed by atoms with Crippen LogP contribution in [-0.2, 0) is 0 Å². The van der Waals surface area contributed by atoms with Gasteiger partial charge in [0, 0.05) is 12.1 Å². The molecular formula is C7H6N4O4. The van der Waals surface area contributed by atoms with Crippen molar-refractivity contribution >= 4 is 17.3 Å². The first-order valence-corrected chi connectivity index (χ1v) is 3.68. The Balaban J connectivity index is 3.32. The highest BCUT2D eigenvalue weighted by Crippen LogP contribution is 2.23. The largest absolute Gasteiger partial charge is 0.478 e. The second kappa shape index (κ2) is 4.13. The minimum Gasteiger partial charge on any atom is -0.478 e. The molecule has 1 aromatic carbocycles. The summed E-state index contributed by atoms with van der Waals surface area (Å²) >= 11 is 0. The monoisotopic (exact) mass is 210 g/mol. The van der Waals surface area contributed by atoms with Crippen LogP contribution in [0.25, 0.3) is 0 Å². The van der Waals surface area contributed by atoms with Gasteiger partial charge in [0.2, 0.25) is 0 Å². The molecule has 8 heteroatoms. The fourth-order valence-corrected chi connectivity index (χ4v) is 0.948. The molecule has 0 amide bonds. The predicted octanol–water partition coefficient (Wildman–Crippen LogP) is 1.25. The summed E-state index contributed by atoms with van der Waals surface area (Å²) in [6.07, 6.45) is 0. The van der Waals surface area contributed by atoms with Gasteiger partial charge in [0.15, 0.2) is 0 Å². The van der Waals surface area contributed by atoms with E-state index in [1.165, 1.54) is 0 Å². The lowest BCUT2D eigenvalue weighted by Crippen LogP contribution is -1.97. The van der Waals surface area contributed by atoms with Crippen molar-refractivity contribution in [3.05, 3.63) is 33.9 Å². The van der Waals surface area contributed by atoms with Crippen molar-refractivity contribution in [2.45, 2.75) is 0 Å². The molecule has 8 nitrogen and oxygen atoms in total. The standard InChI is InChI=1S/C7H6N4O4/c8-10-9-5-1-4(7(12)13)2-6(3-5)11(14)15/h1-3H,(H2,8,9)(H,12,13). The average Bonchev–Trinajstić information content (AvgIpc) is 2.17. The Morgan fingerprint density at radius 1 is 1.47 bits per heavy atom. The van der Waals surface area contributed by atoms with Gasteiger partial charge in [0.25, 0.3) is 5.69 Å². The minimum absolute atomic E-state index is 0.0177. The first kappa shape index (κ1) is 10.6. The van der Waals surface area contributed by atoms with Gasteiger partial charge in [-0.25, -0.2) is 4.79 Å². The molecule has 0 radical (unpaired) electrons. The highest BCUT2D eigenvalue weighted by Gasteiger charge is 2.13. The van der Waals surface area contributed by atoms with E-state index in [1.54, 1.807) is 0 Å². The van der Waals surface area contributed by atoms with Crippen LogP contribution in [0.15, 0.2) is 28.5 Å². The summed E-state index contributed by atoms with van der Waals surface area (Å²) in [7, 11) is 0. The molecule has 0 aliphatic heterocycles. The average molecular weight is 210 g/mol. The molecule has 0 saturated carbocycles. The second-order valence-electron chi connectivity index (χ2n) is 2.52. The Labute approximate surface area is 83.2 Å². The van der Waals surface area contributed by atoms with Crippen molar-refractivity contribution in [3.63, 3.8) is 0 Å². The maximum Gasteiger partial charge on any atom is 0.336 e. The van der Waals surface area contributed by atoms with Crippen LogP contribution in [0, 0.1) is 10.1 Å². The number of rotatable bonds is 3. The van der Waals surface area contributed by atoms with Gasteiger partial charge in [-0.2, -0.15) is 0 Å². The van der Waals surface area contributed by atoms with Gasteiger partial charge in [0.1, 0.15) is 0 Å². The molecule has 15 heavy (non-hydrogen) atoms. The van der Waals surface area contributed by atoms with Crippen LogP contribution in [0.4, 0.5) is 11.4 Å². The third-order valence-electron chi connectivity index (χ3n) is 1.53. The number of aromatic carboxylic acids is 1. The molecule has 1 aromatic rings. The molecular weight excluding hydrogens is 204 g/mol. The van der Waals surface area contributed by atoms with Gasteiger partial charge in [0.05, 0.1) is 16.2 Å². The third kappa shape index (κ3) is 2.46. The van der Waals surface area contributed by atoms with E-state index in [0.717, 1.165) is 18.2 Å². The van der Waals surface area contributed by atoms with Crippen LogP contribution in [0.1, 0.15) is 10.4 Å². The number of carboxylic acids is 1. The molecule has 0 aromatic heterocycles. The molecule has 0 heterocycles. The van der Waals surface area contributed by atoms with Crippen molar-refractivity contribution in [1.29, 1.82) is 0 Å². The molecule has 78 valence electrons. The molecule has 0 aliphatic rings. The maximum atomic E-state index is 10.6. The lowest BCUT2D eigenvalue weighted by atomic mass is 10.2. The molecule has 0 unspecified atom stereocenters. The fourth-order valence-electron chi connectivity index (χ4n) is 0.948. The van der Waals surface area contributed by atoms with Crippen molar-refractivity contribution in [1.82, 2.24) is 0 Å².